The molecule has 3 aliphatic rings. The van der Waals surface area contributed by atoms with Gasteiger partial charge in [0.15, 0.2) is 0 Å². The molecule has 2 bridgehead atoms. The molecule has 3 aliphatic heterocycles. The number of nitrogens with zero attached hydrogens (tertiary/aromatic N) is 2. The number of carbonyl (C=O) groups is 3. The molecule has 33 heavy (non-hydrogen) atoms. The molecule has 0 aromatic heterocycles. The molecule has 0 aromatic rings. The monoisotopic (exact) mass is 526 g/mol. The van der Waals surface area contributed by atoms with Crippen LogP contribution in [-0.4, -0.2) is 87.1 Å². The summed E-state index contributed by atoms with van der Waals surface area (Å²) >= 11 is 3.63. The Hall–Kier alpha value is -1.71. The molecular formula is C24H35BrN2O6. The third-order valence-corrected chi connectivity index (χ3v) is 7.68. The number of hydrogen-bond acceptors (Lipinski definition) is 6. The molecule has 3 rings (SSSR count). The van der Waals surface area contributed by atoms with Crippen LogP contribution in [0.4, 0.5) is 0 Å². The van der Waals surface area contributed by atoms with Crippen LogP contribution in [0.25, 0.3) is 0 Å². The second kappa shape index (κ2) is 9.88. The van der Waals surface area contributed by atoms with Crippen LogP contribution in [0, 0.1) is 11.8 Å². The first-order chi connectivity index (χ1) is 15.5. The van der Waals surface area contributed by atoms with Crippen molar-refractivity contribution in [3.63, 3.8) is 0 Å². The number of hydrogen-bond donors (Lipinski definition) is 1. The highest BCUT2D eigenvalue weighted by atomic mass is 79.9. The number of fused-ring (bicyclic) bond motifs is 1. The van der Waals surface area contributed by atoms with Crippen LogP contribution in [0.2, 0.25) is 0 Å². The zero-order chi connectivity index (χ0) is 24.6. The van der Waals surface area contributed by atoms with Gasteiger partial charge in [-0.2, -0.15) is 0 Å². The average Bonchev–Trinajstić information content (AvgIpc) is 3.33. The molecule has 3 heterocycles. The van der Waals surface area contributed by atoms with E-state index in [-0.39, 0.29) is 29.9 Å². The van der Waals surface area contributed by atoms with E-state index in [0.29, 0.717) is 32.4 Å². The fraction of sp³-hybridized carbons (Fsp3) is 0.708. The lowest BCUT2D eigenvalue weighted by Gasteiger charge is -2.42. The van der Waals surface area contributed by atoms with Gasteiger partial charge in [-0.3, -0.25) is 14.4 Å². The minimum absolute atomic E-state index is 0.00164. The first kappa shape index (κ1) is 25.9. The van der Waals surface area contributed by atoms with Gasteiger partial charge in [0, 0.05) is 30.1 Å². The Labute approximate surface area is 204 Å². The van der Waals surface area contributed by atoms with Crippen molar-refractivity contribution < 1.29 is 29.0 Å². The molecule has 0 aliphatic carbocycles. The van der Waals surface area contributed by atoms with Gasteiger partial charge in [0.25, 0.3) is 0 Å². The van der Waals surface area contributed by atoms with Gasteiger partial charge in [0.1, 0.15) is 18.2 Å². The van der Waals surface area contributed by atoms with E-state index in [1.807, 2.05) is 20.8 Å². The van der Waals surface area contributed by atoms with Gasteiger partial charge in [0.2, 0.25) is 11.8 Å². The summed E-state index contributed by atoms with van der Waals surface area (Å²) in [5.74, 6) is -2.58. The second-order valence-corrected chi connectivity index (χ2v) is 11.1. The van der Waals surface area contributed by atoms with E-state index in [1.165, 1.54) is 6.08 Å². The van der Waals surface area contributed by atoms with Gasteiger partial charge in [-0.25, -0.2) is 0 Å². The fourth-order valence-electron chi connectivity index (χ4n) is 5.52. The highest BCUT2D eigenvalue weighted by Gasteiger charge is 2.77. The maximum Gasteiger partial charge on any atom is 0.312 e. The van der Waals surface area contributed by atoms with Crippen LogP contribution in [0.5, 0.6) is 0 Å². The summed E-state index contributed by atoms with van der Waals surface area (Å²) in [5.41, 5.74) is -1.62. The molecule has 3 unspecified atom stereocenters. The Morgan fingerprint density at radius 1 is 1.33 bits per heavy atom. The minimum atomic E-state index is -1.12. The summed E-state index contributed by atoms with van der Waals surface area (Å²) in [4.78, 5) is 43.9. The number of likely N-dealkylation sites (tertiary alicyclic amines) is 1. The molecule has 1 N–H and O–H groups in total. The third-order valence-electron chi connectivity index (χ3n) is 6.83. The molecule has 1 spiro atoms. The van der Waals surface area contributed by atoms with Gasteiger partial charge < -0.3 is 24.4 Å². The van der Waals surface area contributed by atoms with Crippen LogP contribution in [-0.2, 0) is 23.9 Å². The summed E-state index contributed by atoms with van der Waals surface area (Å²) in [6.45, 7) is 13.9. The van der Waals surface area contributed by atoms with Crippen molar-refractivity contribution in [3.8, 4) is 0 Å². The van der Waals surface area contributed by atoms with E-state index in [4.69, 9.17) is 9.47 Å². The fourth-order valence-corrected chi connectivity index (χ4v) is 6.46. The number of alkyl halides is 1. The number of ether oxygens (including phenoxy) is 2. The summed E-state index contributed by atoms with van der Waals surface area (Å²) in [5, 5.41) is 9.25. The van der Waals surface area contributed by atoms with Crippen LogP contribution in [0.15, 0.2) is 25.3 Å². The predicted molar refractivity (Wildman–Crippen MR) is 127 cm³/mol. The van der Waals surface area contributed by atoms with Crippen molar-refractivity contribution in [1.82, 2.24) is 9.80 Å². The second-order valence-electron chi connectivity index (χ2n) is 9.95. The number of unbranched alkanes of at least 4 members (excludes halogenated alkanes) is 1. The lowest BCUT2D eigenvalue weighted by Crippen LogP contribution is -2.60. The Balaban J connectivity index is 2.05. The molecule has 8 nitrogen and oxygen atoms in total. The number of esters is 1. The smallest absolute Gasteiger partial charge is 0.312 e. The molecule has 6 atom stereocenters. The number of carbonyl (C=O) groups excluding carboxylic acids is 3. The molecule has 0 aromatic carbocycles. The normalized spacial score (nSPS) is 32.6. The quantitative estimate of drug-likeness (QED) is 0.202. The van der Waals surface area contributed by atoms with Crippen LogP contribution in [0.3, 0.4) is 0 Å². The summed E-state index contributed by atoms with van der Waals surface area (Å²) in [6, 6.07) is -0.866. The Kier molecular flexibility index (Phi) is 7.75. The molecular weight excluding hydrogens is 492 g/mol. The average molecular weight is 527 g/mol. The van der Waals surface area contributed by atoms with Crippen molar-refractivity contribution >= 4 is 33.7 Å². The molecule has 3 saturated heterocycles. The number of amides is 2. The molecule has 3 fully saturated rings. The number of rotatable bonds is 10. The predicted octanol–water partition coefficient (Wildman–Crippen LogP) is 2.05. The molecule has 0 radical (unpaired) electrons. The molecule has 9 heteroatoms. The Morgan fingerprint density at radius 3 is 2.61 bits per heavy atom. The van der Waals surface area contributed by atoms with E-state index in [2.05, 4.69) is 29.1 Å². The van der Waals surface area contributed by atoms with E-state index in [9.17, 15) is 19.5 Å². The van der Waals surface area contributed by atoms with Gasteiger partial charge in [-0.1, -0.05) is 34.7 Å². The Bertz CT molecular complexity index is 811. The highest BCUT2D eigenvalue weighted by molar-refractivity contribution is 9.09. The van der Waals surface area contributed by atoms with Crippen LogP contribution >= 0.6 is 15.9 Å². The summed E-state index contributed by atoms with van der Waals surface area (Å²) < 4.78 is 11.8. The summed E-state index contributed by atoms with van der Waals surface area (Å²) in [6.07, 6.45) is 4.09. The molecule has 184 valence electrons. The van der Waals surface area contributed by atoms with E-state index in [1.54, 1.807) is 15.9 Å². The van der Waals surface area contributed by atoms with Crippen molar-refractivity contribution in [2.75, 3.05) is 26.3 Å². The topological polar surface area (TPSA) is 96.4 Å². The van der Waals surface area contributed by atoms with E-state index >= 15 is 0 Å². The Morgan fingerprint density at radius 2 is 2.03 bits per heavy atom. The van der Waals surface area contributed by atoms with Crippen LogP contribution in [0.1, 0.15) is 40.0 Å². The van der Waals surface area contributed by atoms with Crippen molar-refractivity contribution in [2.45, 2.75) is 68.1 Å². The van der Waals surface area contributed by atoms with Crippen molar-refractivity contribution in [1.29, 1.82) is 0 Å². The van der Waals surface area contributed by atoms with Gasteiger partial charge in [-0.05, 0) is 40.0 Å². The maximum atomic E-state index is 14.1. The molecule has 0 saturated carbocycles. The number of aliphatic hydroxyl groups is 1. The first-order valence-corrected chi connectivity index (χ1v) is 12.4. The third kappa shape index (κ3) is 4.39. The maximum absolute atomic E-state index is 14.1. The first-order valence-electron chi connectivity index (χ1n) is 11.5. The summed E-state index contributed by atoms with van der Waals surface area (Å²) in [7, 11) is 0. The minimum Gasteiger partial charge on any atom is -0.461 e. The van der Waals surface area contributed by atoms with Crippen molar-refractivity contribution in [2.24, 2.45) is 11.8 Å². The zero-order valence-electron chi connectivity index (χ0n) is 19.7. The number of halogens is 1. The lowest BCUT2D eigenvalue weighted by molar-refractivity contribution is -0.154. The lowest BCUT2D eigenvalue weighted by atomic mass is 9.70. The van der Waals surface area contributed by atoms with Gasteiger partial charge in [-0.15, -0.1) is 6.58 Å². The zero-order valence-corrected chi connectivity index (χ0v) is 21.3. The van der Waals surface area contributed by atoms with E-state index < -0.39 is 41.1 Å². The van der Waals surface area contributed by atoms with E-state index in [0.717, 1.165) is 0 Å². The largest absolute Gasteiger partial charge is 0.461 e. The standard InChI is InChI=1S/C24H35BrN2O6/c1-6-10-27(23(3,4)5)21(30)19-24-14-15(25)18(33-24)16(22(31)32-13-7-2)17(24)20(29)26(19)11-8-9-12-28/h6-7,15-19,28H,1-2,8-14H2,3-5H3/t15?,16-,17-,18-,19?,24?/m0/s1. The van der Waals surface area contributed by atoms with Crippen molar-refractivity contribution in [3.05, 3.63) is 25.3 Å². The highest BCUT2D eigenvalue weighted by Crippen LogP contribution is 2.60. The molecule has 2 amide bonds. The number of aliphatic hydroxyl groups excluding tert-OH is 1. The van der Waals surface area contributed by atoms with Crippen LogP contribution < -0.4 is 0 Å². The van der Waals surface area contributed by atoms with Gasteiger partial charge >= 0.3 is 5.97 Å². The van der Waals surface area contributed by atoms with Gasteiger partial charge in [0.05, 0.1) is 17.9 Å². The SMILES string of the molecule is C=CCOC(=O)[C@H]1[C@H]2C(=O)N(CCCCO)C(C(=O)N(CC=C)C(C)(C)C)C23CC(Br)[C@@H]1O3.